The van der Waals surface area contributed by atoms with E-state index in [4.69, 9.17) is 0 Å². The first-order valence-corrected chi connectivity index (χ1v) is 8.08. The minimum absolute atomic E-state index is 0.287. The third-order valence-corrected chi connectivity index (χ3v) is 4.95. The van der Waals surface area contributed by atoms with E-state index < -0.39 is 0 Å². The van der Waals surface area contributed by atoms with E-state index in [1.54, 1.807) is 0 Å². The Morgan fingerprint density at radius 2 is 1.90 bits per heavy atom. The van der Waals surface area contributed by atoms with Crippen molar-refractivity contribution in [3.63, 3.8) is 0 Å². The fourth-order valence-electron chi connectivity index (χ4n) is 3.89. The van der Waals surface area contributed by atoms with Crippen molar-refractivity contribution in [3.05, 3.63) is 35.4 Å². The maximum absolute atomic E-state index is 12.2. The number of fused-ring (bicyclic) bond motifs is 1. The van der Waals surface area contributed by atoms with Crippen molar-refractivity contribution in [2.45, 2.75) is 52.1 Å². The van der Waals surface area contributed by atoms with Crippen molar-refractivity contribution in [2.75, 3.05) is 6.54 Å². The van der Waals surface area contributed by atoms with E-state index in [2.05, 4.69) is 36.1 Å². The van der Waals surface area contributed by atoms with Gasteiger partial charge in [0.05, 0.1) is 0 Å². The van der Waals surface area contributed by atoms with Gasteiger partial charge in [0, 0.05) is 32.0 Å². The molecule has 1 aromatic carbocycles. The molecule has 0 N–H and O–H groups in total. The molecule has 20 heavy (non-hydrogen) atoms. The van der Waals surface area contributed by atoms with Gasteiger partial charge in [-0.25, -0.2) is 0 Å². The van der Waals surface area contributed by atoms with E-state index in [-0.39, 0.29) is 5.92 Å². The van der Waals surface area contributed by atoms with Crippen LogP contribution in [-0.4, -0.2) is 17.2 Å². The Labute approximate surface area is 122 Å². The second kappa shape index (κ2) is 6.09. The number of Topliss-reactive ketones (excluding diaryl/α,β-unsaturated/α-hetero) is 1. The summed E-state index contributed by atoms with van der Waals surface area (Å²) in [5.74, 6) is 1.58. The molecule has 2 heteroatoms. The standard InChI is InChI=1S/C18H25NO/c1-2-5-14-8-9-18(20)17(10-14)13-19-11-15-6-3-4-7-16(15)12-19/h3-4,6-7,14,17H,2,5,8-13H2,1H3. The highest BCUT2D eigenvalue weighted by Gasteiger charge is 2.31. The zero-order chi connectivity index (χ0) is 13.9. The van der Waals surface area contributed by atoms with Gasteiger partial charge in [0.15, 0.2) is 0 Å². The Kier molecular flexibility index (Phi) is 4.21. The summed E-state index contributed by atoms with van der Waals surface area (Å²) >= 11 is 0. The van der Waals surface area contributed by atoms with Crippen LogP contribution in [-0.2, 0) is 17.9 Å². The van der Waals surface area contributed by atoms with Gasteiger partial charge in [0.2, 0.25) is 0 Å². The maximum Gasteiger partial charge on any atom is 0.137 e. The molecule has 108 valence electrons. The van der Waals surface area contributed by atoms with Gasteiger partial charge in [-0.05, 0) is 29.9 Å². The molecule has 0 radical (unpaired) electrons. The minimum Gasteiger partial charge on any atom is -0.299 e. The van der Waals surface area contributed by atoms with E-state index in [1.165, 1.54) is 24.0 Å². The number of benzene rings is 1. The monoisotopic (exact) mass is 271 g/mol. The molecular weight excluding hydrogens is 246 g/mol. The van der Waals surface area contributed by atoms with Gasteiger partial charge in [-0.3, -0.25) is 9.69 Å². The number of hydrogen-bond acceptors (Lipinski definition) is 2. The number of hydrogen-bond donors (Lipinski definition) is 0. The predicted molar refractivity (Wildman–Crippen MR) is 81.3 cm³/mol. The summed E-state index contributed by atoms with van der Waals surface area (Å²) < 4.78 is 0. The third kappa shape index (κ3) is 2.95. The molecule has 2 unspecified atom stereocenters. The van der Waals surface area contributed by atoms with Crippen LogP contribution in [0.2, 0.25) is 0 Å². The molecule has 1 saturated carbocycles. The lowest BCUT2D eigenvalue weighted by atomic mass is 9.78. The molecule has 1 aliphatic heterocycles. The van der Waals surface area contributed by atoms with Gasteiger partial charge in [-0.15, -0.1) is 0 Å². The lowest BCUT2D eigenvalue weighted by Crippen LogP contribution is -2.34. The predicted octanol–water partition coefficient (Wildman–Crippen LogP) is 3.79. The Morgan fingerprint density at radius 1 is 1.20 bits per heavy atom. The lowest BCUT2D eigenvalue weighted by Gasteiger charge is -2.30. The first-order valence-electron chi connectivity index (χ1n) is 8.08. The summed E-state index contributed by atoms with van der Waals surface area (Å²) in [5, 5.41) is 0. The number of ketones is 1. The van der Waals surface area contributed by atoms with Crippen molar-refractivity contribution < 1.29 is 4.79 Å². The van der Waals surface area contributed by atoms with Gasteiger partial charge in [0.1, 0.15) is 5.78 Å². The van der Waals surface area contributed by atoms with Crippen LogP contribution in [0.4, 0.5) is 0 Å². The van der Waals surface area contributed by atoms with E-state index >= 15 is 0 Å². The quantitative estimate of drug-likeness (QED) is 0.830. The van der Waals surface area contributed by atoms with Crippen LogP contribution in [0, 0.1) is 11.8 Å². The van der Waals surface area contributed by atoms with E-state index in [0.29, 0.717) is 5.78 Å². The molecule has 0 saturated heterocycles. The normalized spacial score (nSPS) is 26.8. The van der Waals surface area contributed by atoms with Crippen LogP contribution >= 0.6 is 0 Å². The van der Waals surface area contributed by atoms with Crippen molar-refractivity contribution in [1.29, 1.82) is 0 Å². The van der Waals surface area contributed by atoms with E-state index in [9.17, 15) is 4.79 Å². The highest BCUT2D eigenvalue weighted by atomic mass is 16.1. The average Bonchev–Trinajstić information content (AvgIpc) is 2.85. The van der Waals surface area contributed by atoms with Gasteiger partial charge in [-0.1, -0.05) is 44.0 Å². The Balaban J connectivity index is 1.59. The van der Waals surface area contributed by atoms with Crippen LogP contribution in [0.15, 0.2) is 24.3 Å². The topological polar surface area (TPSA) is 20.3 Å². The second-order valence-electron chi connectivity index (χ2n) is 6.53. The van der Waals surface area contributed by atoms with Crippen molar-refractivity contribution >= 4 is 5.78 Å². The zero-order valence-corrected chi connectivity index (χ0v) is 12.5. The van der Waals surface area contributed by atoms with Gasteiger partial charge >= 0.3 is 0 Å². The molecule has 1 aliphatic carbocycles. The number of nitrogens with zero attached hydrogens (tertiary/aromatic N) is 1. The minimum atomic E-state index is 0.287. The average molecular weight is 271 g/mol. The molecular formula is C18H25NO. The molecule has 0 spiro atoms. The molecule has 1 fully saturated rings. The largest absolute Gasteiger partial charge is 0.299 e. The summed E-state index contributed by atoms with van der Waals surface area (Å²) in [7, 11) is 0. The van der Waals surface area contributed by atoms with Crippen LogP contribution in [0.1, 0.15) is 50.2 Å². The van der Waals surface area contributed by atoms with Crippen LogP contribution in [0.3, 0.4) is 0 Å². The van der Waals surface area contributed by atoms with Crippen molar-refractivity contribution in [3.8, 4) is 0 Å². The molecule has 2 atom stereocenters. The SMILES string of the molecule is CCCC1CCC(=O)C(CN2Cc3ccccc3C2)C1. The van der Waals surface area contributed by atoms with Gasteiger partial charge in [0.25, 0.3) is 0 Å². The van der Waals surface area contributed by atoms with Crippen molar-refractivity contribution in [2.24, 2.45) is 11.8 Å². The second-order valence-corrected chi connectivity index (χ2v) is 6.53. The Bertz CT molecular complexity index is 457. The summed E-state index contributed by atoms with van der Waals surface area (Å²) in [5.41, 5.74) is 2.89. The molecule has 0 aromatic heterocycles. The molecule has 1 heterocycles. The first-order chi connectivity index (χ1) is 9.76. The van der Waals surface area contributed by atoms with Crippen LogP contribution in [0.5, 0.6) is 0 Å². The zero-order valence-electron chi connectivity index (χ0n) is 12.5. The summed E-state index contributed by atoms with van der Waals surface area (Å²) in [6.07, 6.45) is 5.61. The summed E-state index contributed by atoms with van der Waals surface area (Å²) in [4.78, 5) is 14.6. The van der Waals surface area contributed by atoms with E-state index in [1.807, 2.05) is 0 Å². The van der Waals surface area contributed by atoms with E-state index in [0.717, 1.165) is 44.8 Å². The smallest absolute Gasteiger partial charge is 0.137 e. The Hall–Kier alpha value is -1.15. The summed E-state index contributed by atoms with van der Waals surface area (Å²) in [6.45, 7) is 5.27. The third-order valence-electron chi connectivity index (χ3n) is 4.95. The molecule has 1 aromatic rings. The molecule has 2 aliphatic rings. The summed E-state index contributed by atoms with van der Waals surface area (Å²) in [6, 6.07) is 8.67. The first kappa shape index (κ1) is 13.8. The van der Waals surface area contributed by atoms with Crippen LogP contribution < -0.4 is 0 Å². The van der Waals surface area contributed by atoms with Gasteiger partial charge in [-0.2, -0.15) is 0 Å². The maximum atomic E-state index is 12.2. The number of carbonyl (C=O) groups excluding carboxylic acids is 1. The van der Waals surface area contributed by atoms with Crippen LogP contribution in [0.25, 0.3) is 0 Å². The molecule has 0 bridgehead atoms. The molecule has 2 nitrogen and oxygen atoms in total. The van der Waals surface area contributed by atoms with Gasteiger partial charge < -0.3 is 0 Å². The number of rotatable bonds is 4. The fraction of sp³-hybridized carbons (Fsp3) is 0.611. The highest BCUT2D eigenvalue weighted by molar-refractivity contribution is 5.82. The number of carbonyl (C=O) groups is 1. The lowest BCUT2D eigenvalue weighted by molar-refractivity contribution is -0.126. The highest BCUT2D eigenvalue weighted by Crippen LogP contribution is 2.32. The molecule has 0 amide bonds. The van der Waals surface area contributed by atoms with Crippen molar-refractivity contribution in [1.82, 2.24) is 4.90 Å². The molecule has 3 rings (SSSR count). The fourth-order valence-corrected chi connectivity index (χ4v) is 3.89. The Morgan fingerprint density at radius 3 is 2.55 bits per heavy atom.